The fourth-order valence-corrected chi connectivity index (χ4v) is 1.81. The lowest BCUT2D eigenvalue weighted by Crippen LogP contribution is -1.99. The molecular formula is C15H14N2O5. The molecule has 0 heterocycles. The molecule has 2 rings (SSSR count). The van der Waals surface area contributed by atoms with Crippen LogP contribution >= 0.6 is 0 Å². The Morgan fingerprint density at radius 3 is 2.59 bits per heavy atom. The van der Waals surface area contributed by atoms with Gasteiger partial charge in [0.05, 0.1) is 18.2 Å². The monoisotopic (exact) mass is 302 g/mol. The summed E-state index contributed by atoms with van der Waals surface area (Å²) >= 11 is 0. The molecule has 114 valence electrons. The fraction of sp³-hybridized carbons (Fsp3) is 0.133. The summed E-state index contributed by atoms with van der Waals surface area (Å²) in [5.74, 6) is 1.09. The summed E-state index contributed by atoms with van der Waals surface area (Å²) in [6.07, 6.45) is 1.25. The van der Waals surface area contributed by atoms with Crippen LogP contribution in [0.2, 0.25) is 0 Å². The number of nitro benzene ring substituents is 1. The average molecular weight is 302 g/mol. The quantitative estimate of drug-likeness (QED) is 0.383. The first-order valence-corrected chi connectivity index (χ1v) is 6.35. The molecule has 0 atom stereocenters. The number of oxime groups is 1. The van der Waals surface area contributed by atoms with Crippen LogP contribution in [0.15, 0.2) is 47.6 Å². The molecule has 0 saturated heterocycles. The maximum Gasteiger partial charge on any atom is 0.269 e. The highest BCUT2D eigenvalue weighted by Gasteiger charge is 2.07. The maximum absolute atomic E-state index is 10.6. The molecule has 0 saturated carbocycles. The van der Waals surface area contributed by atoms with Gasteiger partial charge < -0.3 is 14.7 Å². The Morgan fingerprint density at radius 2 is 2.00 bits per heavy atom. The zero-order chi connectivity index (χ0) is 15.9. The Labute approximate surface area is 126 Å². The third kappa shape index (κ3) is 3.72. The van der Waals surface area contributed by atoms with Crippen molar-refractivity contribution >= 4 is 11.9 Å². The van der Waals surface area contributed by atoms with Crippen LogP contribution in [-0.4, -0.2) is 23.5 Å². The van der Waals surface area contributed by atoms with Crippen LogP contribution in [0.5, 0.6) is 11.5 Å². The molecule has 2 aromatic carbocycles. The summed E-state index contributed by atoms with van der Waals surface area (Å²) in [5, 5.41) is 22.2. The van der Waals surface area contributed by atoms with Crippen molar-refractivity contribution in [3.05, 3.63) is 63.7 Å². The van der Waals surface area contributed by atoms with Crippen LogP contribution in [0.4, 0.5) is 5.69 Å². The SMILES string of the molecule is COc1ccc(/C=N/O)c(OCc2ccc([N+](=O)[O-])cc2)c1. The summed E-state index contributed by atoms with van der Waals surface area (Å²) in [7, 11) is 1.54. The molecule has 0 unspecified atom stereocenters. The second-order valence-electron chi connectivity index (χ2n) is 4.36. The molecular weight excluding hydrogens is 288 g/mol. The highest BCUT2D eigenvalue weighted by molar-refractivity contribution is 5.83. The minimum Gasteiger partial charge on any atom is -0.497 e. The van der Waals surface area contributed by atoms with E-state index in [9.17, 15) is 10.1 Å². The average Bonchev–Trinajstić information content (AvgIpc) is 2.54. The molecule has 0 amide bonds. The second-order valence-corrected chi connectivity index (χ2v) is 4.36. The highest BCUT2D eigenvalue weighted by Crippen LogP contribution is 2.25. The maximum atomic E-state index is 10.6. The molecule has 7 nitrogen and oxygen atoms in total. The summed E-state index contributed by atoms with van der Waals surface area (Å²) in [6.45, 7) is 0.220. The van der Waals surface area contributed by atoms with Crippen molar-refractivity contribution < 1.29 is 19.6 Å². The normalized spacial score (nSPS) is 10.6. The van der Waals surface area contributed by atoms with Gasteiger partial charge in [0.25, 0.3) is 5.69 Å². The fourth-order valence-electron chi connectivity index (χ4n) is 1.81. The van der Waals surface area contributed by atoms with E-state index in [1.165, 1.54) is 25.5 Å². The van der Waals surface area contributed by atoms with Crippen molar-refractivity contribution in [2.75, 3.05) is 7.11 Å². The zero-order valence-corrected chi connectivity index (χ0v) is 11.8. The van der Waals surface area contributed by atoms with E-state index in [0.29, 0.717) is 17.1 Å². The van der Waals surface area contributed by atoms with Gasteiger partial charge in [0.2, 0.25) is 0 Å². The van der Waals surface area contributed by atoms with Gasteiger partial charge in [-0.15, -0.1) is 0 Å². The number of hydrogen-bond donors (Lipinski definition) is 1. The van der Waals surface area contributed by atoms with E-state index in [2.05, 4.69) is 5.16 Å². The molecule has 0 aliphatic heterocycles. The van der Waals surface area contributed by atoms with Crippen molar-refractivity contribution in [1.82, 2.24) is 0 Å². The second kappa shape index (κ2) is 7.07. The largest absolute Gasteiger partial charge is 0.497 e. The molecule has 0 aliphatic rings. The van der Waals surface area contributed by atoms with Crippen molar-refractivity contribution in [3.8, 4) is 11.5 Å². The molecule has 0 aliphatic carbocycles. The standard InChI is InChI=1S/C15H14N2O5/c1-21-14-7-4-12(9-16-18)15(8-14)22-10-11-2-5-13(6-3-11)17(19)20/h2-9,18H,10H2,1H3/b16-9+. The molecule has 7 heteroatoms. The molecule has 22 heavy (non-hydrogen) atoms. The Kier molecular flexibility index (Phi) is 4.92. The van der Waals surface area contributed by atoms with Gasteiger partial charge >= 0.3 is 0 Å². The Morgan fingerprint density at radius 1 is 1.27 bits per heavy atom. The third-order valence-electron chi connectivity index (χ3n) is 2.96. The van der Waals surface area contributed by atoms with Gasteiger partial charge in [0.1, 0.15) is 18.1 Å². The van der Waals surface area contributed by atoms with E-state index < -0.39 is 4.92 Å². The lowest BCUT2D eigenvalue weighted by molar-refractivity contribution is -0.384. The first-order chi connectivity index (χ1) is 10.6. The summed E-state index contributed by atoms with van der Waals surface area (Å²) in [6, 6.07) is 11.2. The van der Waals surface area contributed by atoms with Crippen LogP contribution in [0.1, 0.15) is 11.1 Å². The van der Waals surface area contributed by atoms with Gasteiger partial charge in [-0.1, -0.05) is 5.16 Å². The minimum atomic E-state index is -0.456. The molecule has 1 N–H and O–H groups in total. The van der Waals surface area contributed by atoms with Crippen LogP contribution < -0.4 is 9.47 Å². The topological polar surface area (TPSA) is 94.2 Å². The Hall–Kier alpha value is -3.09. The van der Waals surface area contributed by atoms with Gasteiger partial charge in [-0.2, -0.15) is 0 Å². The smallest absolute Gasteiger partial charge is 0.269 e. The van der Waals surface area contributed by atoms with Crippen molar-refractivity contribution in [2.24, 2.45) is 5.16 Å². The van der Waals surface area contributed by atoms with E-state index in [-0.39, 0.29) is 12.3 Å². The van der Waals surface area contributed by atoms with Crippen molar-refractivity contribution in [1.29, 1.82) is 0 Å². The van der Waals surface area contributed by atoms with Crippen LogP contribution in [0, 0.1) is 10.1 Å². The lowest BCUT2D eigenvalue weighted by atomic mass is 10.2. The predicted octanol–water partition coefficient (Wildman–Crippen LogP) is 2.99. The molecule has 0 fully saturated rings. The molecule has 0 aromatic heterocycles. The number of nitrogens with zero attached hydrogens (tertiary/aromatic N) is 2. The van der Waals surface area contributed by atoms with Gasteiger partial charge in [-0.25, -0.2) is 0 Å². The van der Waals surface area contributed by atoms with Gasteiger partial charge in [0.15, 0.2) is 0 Å². The number of benzene rings is 2. The molecule has 0 bridgehead atoms. The first kappa shape index (κ1) is 15.3. The zero-order valence-electron chi connectivity index (χ0n) is 11.8. The Balaban J connectivity index is 2.14. The van der Waals surface area contributed by atoms with E-state index in [1.807, 2.05) is 0 Å². The number of rotatable bonds is 6. The van der Waals surface area contributed by atoms with Gasteiger partial charge in [-0.05, 0) is 29.8 Å². The summed E-state index contributed by atoms with van der Waals surface area (Å²) in [5.41, 5.74) is 1.39. The van der Waals surface area contributed by atoms with Crippen molar-refractivity contribution in [3.63, 3.8) is 0 Å². The van der Waals surface area contributed by atoms with E-state index >= 15 is 0 Å². The van der Waals surface area contributed by atoms with Crippen LogP contribution in [0.25, 0.3) is 0 Å². The number of non-ortho nitro benzene ring substituents is 1. The van der Waals surface area contributed by atoms with Gasteiger partial charge in [0, 0.05) is 23.8 Å². The number of nitro groups is 1. The minimum absolute atomic E-state index is 0.0261. The predicted molar refractivity (Wildman–Crippen MR) is 79.8 cm³/mol. The first-order valence-electron chi connectivity index (χ1n) is 6.35. The van der Waals surface area contributed by atoms with E-state index in [0.717, 1.165) is 5.56 Å². The van der Waals surface area contributed by atoms with Crippen molar-refractivity contribution in [2.45, 2.75) is 6.61 Å². The number of ether oxygens (including phenoxy) is 2. The highest BCUT2D eigenvalue weighted by atomic mass is 16.6. The third-order valence-corrected chi connectivity index (χ3v) is 2.96. The number of methoxy groups -OCH3 is 1. The Bertz CT molecular complexity index is 683. The molecule has 0 radical (unpaired) electrons. The van der Waals surface area contributed by atoms with E-state index in [4.69, 9.17) is 14.7 Å². The summed E-state index contributed by atoms with van der Waals surface area (Å²) < 4.78 is 10.8. The molecule has 0 spiro atoms. The number of hydrogen-bond acceptors (Lipinski definition) is 6. The van der Waals surface area contributed by atoms with Crippen LogP contribution in [0.3, 0.4) is 0 Å². The van der Waals surface area contributed by atoms with Crippen LogP contribution in [-0.2, 0) is 6.61 Å². The molecule has 2 aromatic rings. The lowest BCUT2D eigenvalue weighted by Gasteiger charge is -2.10. The summed E-state index contributed by atoms with van der Waals surface area (Å²) in [4.78, 5) is 10.1. The van der Waals surface area contributed by atoms with Gasteiger partial charge in [-0.3, -0.25) is 10.1 Å². The van der Waals surface area contributed by atoms with E-state index in [1.54, 1.807) is 30.3 Å².